The molecule has 4 rings (SSSR count). The Labute approximate surface area is 158 Å². The van der Waals surface area contributed by atoms with E-state index in [4.69, 9.17) is 0 Å². The van der Waals surface area contributed by atoms with Crippen LogP contribution in [0.4, 0.5) is 0 Å². The number of nitrogens with zero attached hydrogens (tertiary/aromatic N) is 3. The van der Waals surface area contributed by atoms with Crippen LogP contribution in [0.2, 0.25) is 0 Å². The van der Waals surface area contributed by atoms with E-state index in [9.17, 15) is 9.59 Å². The van der Waals surface area contributed by atoms with Gasteiger partial charge in [0, 0.05) is 43.5 Å². The number of aromatic nitrogens is 1. The summed E-state index contributed by atoms with van der Waals surface area (Å²) in [5.74, 6) is -0.850. The fraction of sp³-hybridized carbons (Fsp3) is 0.273. The van der Waals surface area contributed by atoms with Gasteiger partial charge in [0.1, 0.15) is 5.69 Å². The van der Waals surface area contributed by atoms with Gasteiger partial charge < -0.3 is 14.2 Å². The minimum absolute atomic E-state index is 0.410. The second kappa shape index (κ2) is 7.37. The fourth-order valence-electron chi connectivity index (χ4n) is 3.71. The Morgan fingerprint density at radius 3 is 2.33 bits per heavy atom. The van der Waals surface area contributed by atoms with Crippen molar-refractivity contribution in [2.75, 3.05) is 32.7 Å². The summed E-state index contributed by atoms with van der Waals surface area (Å²) >= 11 is 0. The summed E-state index contributed by atoms with van der Waals surface area (Å²) in [6.07, 6.45) is 1.84. The molecule has 0 spiro atoms. The summed E-state index contributed by atoms with van der Waals surface area (Å²) in [4.78, 5) is 30.2. The molecule has 5 heteroatoms. The molecule has 1 aliphatic rings. The van der Waals surface area contributed by atoms with Crippen LogP contribution in [0.1, 0.15) is 17.4 Å². The van der Waals surface area contributed by atoms with E-state index in [1.165, 1.54) is 0 Å². The van der Waals surface area contributed by atoms with Gasteiger partial charge in [0.05, 0.1) is 0 Å². The average Bonchev–Trinajstić information content (AvgIpc) is 3.13. The maximum absolute atomic E-state index is 13.2. The first-order chi connectivity index (χ1) is 13.2. The molecule has 2 aromatic heterocycles. The van der Waals surface area contributed by atoms with Crippen molar-refractivity contribution in [1.29, 1.82) is 0 Å². The Balaban J connectivity index is 1.72. The molecule has 3 heterocycles. The van der Waals surface area contributed by atoms with E-state index in [-0.39, 0.29) is 0 Å². The van der Waals surface area contributed by atoms with Crippen molar-refractivity contribution in [2.24, 2.45) is 0 Å². The standard InChI is InChI=1S/C22H23N3O2/c1-2-23-12-14-24(15-13-23)22(27)21(26)20-19(17-8-4-3-5-9-17)16-18-10-6-7-11-25(18)20/h3-11,16H,2,12-15H2,1H3. The first-order valence-corrected chi connectivity index (χ1v) is 9.40. The number of hydrogen-bond acceptors (Lipinski definition) is 3. The zero-order valence-electron chi connectivity index (χ0n) is 15.5. The van der Waals surface area contributed by atoms with E-state index in [0.717, 1.165) is 36.3 Å². The first-order valence-electron chi connectivity index (χ1n) is 9.40. The topological polar surface area (TPSA) is 45.0 Å². The van der Waals surface area contributed by atoms with Gasteiger partial charge >= 0.3 is 0 Å². The molecule has 1 aromatic carbocycles. The molecule has 27 heavy (non-hydrogen) atoms. The molecule has 0 saturated carbocycles. The van der Waals surface area contributed by atoms with E-state index >= 15 is 0 Å². The quantitative estimate of drug-likeness (QED) is 0.530. The van der Waals surface area contributed by atoms with Gasteiger partial charge in [-0.05, 0) is 30.3 Å². The van der Waals surface area contributed by atoms with Gasteiger partial charge in [-0.1, -0.05) is 43.3 Å². The first kappa shape index (κ1) is 17.5. The molecule has 3 aromatic rings. The van der Waals surface area contributed by atoms with Gasteiger partial charge in [-0.3, -0.25) is 9.59 Å². The number of rotatable bonds is 4. The second-order valence-electron chi connectivity index (χ2n) is 6.82. The van der Waals surface area contributed by atoms with Crippen LogP contribution in [0.25, 0.3) is 16.6 Å². The number of Topliss-reactive ketones (excluding diaryl/α,β-unsaturated/α-hetero) is 1. The third kappa shape index (κ3) is 3.26. The zero-order chi connectivity index (χ0) is 18.8. The van der Waals surface area contributed by atoms with Crippen LogP contribution in [-0.2, 0) is 4.79 Å². The van der Waals surface area contributed by atoms with E-state index < -0.39 is 11.7 Å². The average molecular weight is 361 g/mol. The normalized spacial score (nSPS) is 15.2. The van der Waals surface area contributed by atoms with Gasteiger partial charge in [-0.15, -0.1) is 0 Å². The van der Waals surface area contributed by atoms with Crippen molar-refractivity contribution < 1.29 is 9.59 Å². The van der Waals surface area contributed by atoms with E-state index in [1.807, 2.05) is 65.2 Å². The van der Waals surface area contributed by atoms with Crippen LogP contribution in [0, 0.1) is 0 Å². The molecule has 138 valence electrons. The highest BCUT2D eigenvalue weighted by molar-refractivity contribution is 6.43. The number of carbonyl (C=O) groups excluding carboxylic acids is 2. The van der Waals surface area contributed by atoms with Crippen molar-refractivity contribution in [3.8, 4) is 11.1 Å². The van der Waals surface area contributed by atoms with Gasteiger partial charge in [0.2, 0.25) is 0 Å². The number of hydrogen-bond donors (Lipinski definition) is 0. The Kier molecular flexibility index (Phi) is 4.77. The number of benzene rings is 1. The lowest BCUT2D eigenvalue weighted by molar-refractivity contribution is -0.128. The lowest BCUT2D eigenvalue weighted by Gasteiger charge is -2.33. The molecule has 1 saturated heterocycles. The minimum Gasteiger partial charge on any atom is -0.333 e. The Hall–Kier alpha value is -2.92. The van der Waals surface area contributed by atoms with E-state index in [2.05, 4.69) is 11.8 Å². The maximum atomic E-state index is 13.2. The van der Waals surface area contributed by atoms with E-state index in [0.29, 0.717) is 18.8 Å². The van der Waals surface area contributed by atoms with Crippen LogP contribution in [0.3, 0.4) is 0 Å². The van der Waals surface area contributed by atoms with Crippen LogP contribution in [0.15, 0.2) is 60.8 Å². The summed E-state index contributed by atoms with van der Waals surface area (Å²) in [7, 11) is 0. The third-order valence-electron chi connectivity index (χ3n) is 5.28. The van der Waals surface area contributed by atoms with Gasteiger partial charge in [-0.2, -0.15) is 0 Å². The molecular weight excluding hydrogens is 338 g/mol. The molecule has 0 radical (unpaired) electrons. The van der Waals surface area contributed by atoms with Crippen molar-refractivity contribution >= 4 is 17.2 Å². The second-order valence-corrected chi connectivity index (χ2v) is 6.82. The SMILES string of the molecule is CCN1CCN(C(=O)C(=O)c2c(-c3ccccc3)cc3ccccn23)CC1. The molecule has 1 fully saturated rings. The van der Waals surface area contributed by atoms with Crippen LogP contribution in [0.5, 0.6) is 0 Å². The number of piperazine rings is 1. The molecule has 0 aliphatic carbocycles. The zero-order valence-corrected chi connectivity index (χ0v) is 15.5. The predicted molar refractivity (Wildman–Crippen MR) is 106 cm³/mol. The number of pyridine rings is 1. The highest BCUT2D eigenvalue weighted by Crippen LogP contribution is 2.28. The largest absolute Gasteiger partial charge is 0.333 e. The number of likely N-dealkylation sites (N-methyl/N-ethyl adjacent to an activating group) is 1. The predicted octanol–water partition coefficient (Wildman–Crippen LogP) is 2.95. The molecular formula is C22H23N3O2. The summed E-state index contributed by atoms with van der Waals surface area (Å²) in [5.41, 5.74) is 3.09. The highest BCUT2D eigenvalue weighted by Gasteiger charge is 2.30. The minimum atomic E-state index is -0.440. The Morgan fingerprint density at radius 1 is 0.926 bits per heavy atom. The van der Waals surface area contributed by atoms with Crippen LogP contribution < -0.4 is 0 Å². The Bertz CT molecular complexity index is 970. The molecule has 5 nitrogen and oxygen atoms in total. The molecule has 0 N–H and O–H groups in total. The summed E-state index contributed by atoms with van der Waals surface area (Å²) in [6, 6.07) is 17.5. The fourth-order valence-corrected chi connectivity index (χ4v) is 3.71. The lowest BCUT2D eigenvalue weighted by Crippen LogP contribution is -2.50. The number of amides is 1. The molecule has 0 atom stereocenters. The number of carbonyl (C=O) groups is 2. The number of fused-ring (bicyclic) bond motifs is 1. The molecule has 1 amide bonds. The highest BCUT2D eigenvalue weighted by atomic mass is 16.2. The summed E-state index contributed by atoms with van der Waals surface area (Å²) in [5, 5.41) is 0. The smallest absolute Gasteiger partial charge is 0.296 e. The monoisotopic (exact) mass is 361 g/mol. The van der Waals surface area contributed by atoms with Crippen LogP contribution >= 0.6 is 0 Å². The van der Waals surface area contributed by atoms with Gasteiger partial charge in [0.25, 0.3) is 11.7 Å². The third-order valence-corrected chi connectivity index (χ3v) is 5.28. The van der Waals surface area contributed by atoms with Crippen molar-refractivity contribution in [1.82, 2.24) is 14.2 Å². The van der Waals surface area contributed by atoms with Crippen molar-refractivity contribution in [3.05, 3.63) is 66.5 Å². The van der Waals surface area contributed by atoms with Crippen LogP contribution in [-0.4, -0.2) is 58.6 Å². The maximum Gasteiger partial charge on any atom is 0.296 e. The van der Waals surface area contributed by atoms with Gasteiger partial charge in [0.15, 0.2) is 0 Å². The van der Waals surface area contributed by atoms with Crippen molar-refractivity contribution in [3.63, 3.8) is 0 Å². The summed E-state index contributed by atoms with van der Waals surface area (Å²) < 4.78 is 1.82. The Morgan fingerprint density at radius 2 is 1.63 bits per heavy atom. The van der Waals surface area contributed by atoms with E-state index in [1.54, 1.807) is 4.90 Å². The molecule has 0 unspecified atom stereocenters. The molecule has 1 aliphatic heterocycles. The van der Waals surface area contributed by atoms with Gasteiger partial charge in [-0.25, -0.2) is 0 Å². The lowest BCUT2D eigenvalue weighted by atomic mass is 10.0. The van der Waals surface area contributed by atoms with Crippen molar-refractivity contribution in [2.45, 2.75) is 6.92 Å². The molecule has 0 bridgehead atoms. The summed E-state index contributed by atoms with van der Waals surface area (Å²) in [6.45, 7) is 5.91. The number of ketones is 1.